The molecule has 29 heavy (non-hydrogen) atoms. The Morgan fingerprint density at radius 1 is 1.00 bits per heavy atom. The van der Waals surface area contributed by atoms with E-state index in [1.165, 1.54) is 0 Å². The van der Waals surface area contributed by atoms with Gasteiger partial charge in [-0.1, -0.05) is 48.5 Å². The number of rotatable bonds is 5. The second kappa shape index (κ2) is 7.75. The Morgan fingerprint density at radius 2 is 1.62 bits per heavy atom. The summed E-state index contributed by atoms with van der Waals surface area (Å²) < 4.78 is 10.2. The number of esters is 1. The summed E-state index contributed by atoms with van der Waals surface area (Å²) >= 11 is 0. The number of hydrogen-bond donors (Lipinski definition) is 2. The van der Waals surface area contributed by atoms with Gasteiger partial charge in [-0.05, 0) is 22.3 Å². The van der Waals surface area contributed by atoms with Crippen molar-refractivity contribution < 1.29 is 28.7 Å². The van der Waals surface area contributed by atoms with E-state index in [4.69, 9.17) is 9.47 Å². The molecule has 1 heterocycles. The van der Waals surface area contributed by atoms with Crippen molar-refractivity contribution in [3.63, 3.8) is 0 Å². The molecule has 1 saturated heterocycles. The molecule has 0 spiro atoms. The Bertz CT molecular complexity index is 957. The molecule has 0 unspecified atom stereocenters. The van der Waals surface area contributed by atoms with Crippen LogP contribution in [0.3, 0.4) is 0 Å². The summed E-state index contributed by atoms with van der Waals surface area (Å²) in [7, 11) is 0. The van der Waals surface area contributed by atoms with Crippen LogP contribution in [0, 0.1) is 0 Å². The van der Waals surface area contributed by atoms with E-state index in [0.29, 0.717) is 0 Å². The summed E-state index contributed by atoms with van der Waals surface area (Å²) in [6.07, 6.45) is -2.13. The molecule has 1 fully saturated rings. The first-order chi connectivity index (χ1) is 14.0. The Morgan fingerprint density at radius 3 is 2.21 bits per heavy atom. The van der Waals surface area contributed by atoms with Crippen LogP contribution in [-0.2, 0) is 23.9 Å². The Hall–Kier alpha value is -3.68. The van der Waals surface area contributed by atoms with Crippen molar-refractivity contribution in [2.24, 2.45) is 0 Å². The minimum atomic E-state index is -1.15. The van der Waals surface area contributed by atoms with Crippen LogP contribution in [0.5, 0.6) is 0 Å². The van der Waals surface area contributed by atoms with Crippen molar-refractivity contribution in [2.45, 2.75) is 18.4 Å². The van der Waals surface area contributed by atoms with Crippen LogP contribution in [0.25, 0.3) is 11.1 Å². The SMILES string of the molecule is O=C1C[C@@H](OC(=O)CNC(=O)OCC2c3ccccc3-c3ccccc32)C(=O)N1. The molecule has 0 radical (unpaired) electrons. The lowest BCUT2D eigenvalue weighted by atomic mass is 9.98. The van der Waals surface area contributed by atoms with Gasteiger partial charge in [-0.25, -0.2) is 4.79 Å². The second-order valence-electron chi connectivity index (χ2n) is 6.77. The molecule has 1 aliphatic heterocycles. The number of carbonyl (C=O) groups excluding carboxylic acids is 4. The summed E-state index contributed by atoms with van der Waals surface area (Å²) in [4.78, 5) is 46.2. The summed E-state index contributed by atoms with van der Waals surface area (Å²) in [6.45, 7) is -0.344. The molecule has 2 aromatic carbocycles. The Balaban J connectivity index is 1.31. The molecule has 148 valence electrons. The van der Waals surface area contributed by atoms with Crippen molar-refractivity contribution in [3.05, 3.63) is 59.7 Å². The highest BCUT2D eigenvalue weighted by atomic mass is 16.6. The number of hydrogen-bond acceptors (Lipinski definition) is 6. The fourth-order valence-corrected chi connectivity index (χ4v) is 3.62. The zero-order valence-electron chi connectivity index (χ0n) is 15.3. The predicted octanol–water partition coefficient (Wildman–Crippen LogP) is 1.48. The minimum Gasteiger partial charge on any atom is -0.450 e. The quantitative estimate of drug-likeness (QED) is 0.587. The maximum Gasteiger partial charge on any atom is 0.407 e. The summed E-state index contributed by atoms with van der Waals surface area (Å²) in [5, 5.41) is 4.34. The molecule has 2 aliphatic rings. The maximum atomic E-state index is 12.0. The Kier molecular flexibility index (Phi) is 4.99. The molecule has 0 bridgehead atoms. The first-order valence-electron chi connectivity index (χ1n) is 9.15. The molecule has 1 atom stereocenters. The first kappa shape index (κ1) is 18.7. The van der Waals surface area contributed by atoms with Crippen molar-refractivity contribution >= 4 is 23.9 Å². The van der Waals surface area contributed by atoms with Gasteiger partial charge in [-0.2, -0.15) is 0 Å². The summed E-state index contributed by atoms with van der Waals surface area (Å²) in [5.41, 5.74) is 4.39. The number of fused-ring (bicyclic) bond motifs is 3. The molecular formula is C21H18N2O6. The first-order valence-corrected chi connectivity index (χ1v) is 9.15. The number of ether oxygens (including phenoxy) is 2. The number of amides is 3. The molecule has 0 saturated carbocycles. The second-order valence-corrected chi connectivity index (χ2v) is 6.77. The average Bonchev–Trinajstić information content (AvgIpc) is 3.21. The van der Waals surface area contributed by atoms with Gasteiger partial charge in [-0.15, -0.1) is 0 Å². The molecule has 0 aromatic heterocycles. The van der Waals surface area contributed by atoms with Crippen LogP contribution < -0.4 is 10.6 Å². The minimum absolute atomic E-state index is 0.0895. The zero-order chi connectivity index (χ0) is 20.4. The maximum absolute atomic E-state index is 12.0. The van der Waals surface area contributed by atoms with E-state index in [1.807, 2.05) is 53.8 Å². The molecule has 1 aliphatic carbocycles. The molecule has 2 N–H and O–H groups in total. The van der Waals surface area contributed by atoms with Crippen LogP contribution in [-0.4, -0.2) is 43.1 Å². The topological polar surface area (TPSA) is 111 Å². The highest BCUT2D eigenvalue weighted by Crippen LogP contribution is 2.44. The van der Waals surface area contributed by atoms with Crippen molar-refractivity contribution in [2.75, 3.05) is 13.2 Å². The van der Waals surface area contributed by atoms with E-state index < -0.39 is 36.5 Å². The number of benzene rings is 2. The fraction of sp³-hybridized carbons (Fsp3) is 0.238. The monoisotopic (exact) mass is 394 g/mol. The van der Waals surface area contributed by atoms with E-state index in [2.05, 4.69) is 5.32 Å². The number of imide groups is 1. The van der Waals surface area contributed by atoms with Crippen molar-refractivity contribution in [3.8, 4) is 11.1 Å². The van der Waals surface area contributed by atoms with Gasteiger partial charge in [0.2, 0.25) is 5.91 Å². The smallest absolute Gasteiger partial charge is 0.407 e. The van der Waals surface area contributed by atoms with Gasteiger partial charge in [0.05, 0.1) is 6.42 Å². The number of alkyl carbamates (subject to hydrolysis) is 1. The Labute approximate surface area is 166 Å². The molecule has 4 rings (SSSR count). The van der Waals surface area contributed by atoms with E-state index in [9.17, 15) is 19.2 Å². The standard InChI is InChI=1S/C21H18N2O6/c24-18-9-17(20(26)23-18)29-19(25)10-22-21(27)28-11-16-14-7-3-1-5-12(14)13-6-2-4-8-15(13)16/h1-8,16-17H,9-11H2,(H,22,27)(H,23,24,26)/t17-/m1/s1. The van der Waals surface area contributed by atoms with Crippen LogP contribution >= 0.6 is 0 Å². The third-order valence-corrected chi connectivity index (χ3v) is 4.92. The van der Waals surface area contributed by atoms with Crippen LogP contribution in [0.1, 0.15) is 23.5 Å². The molecule has 3 amide bonds. The van der Waals surface area contributed by atoms with Gasteiger partial charge >= 0.3 is 12.1 Å². The van der Waals surface area contributed by atoms with Crippen LogP contribution in [0.15, 0.2) is 48.5 Å². The lowest BCUT2D eigenvalue weighted by Crippen LogP contribution is -2.35. The molecule has 8 heteroatoms. The highest BCUT2D eigenvalue weighted by Gasteiger charge is 2.34. The summed E-state index contributed by atoms with van der Waals surface area (Å²) in [6, 6.07) is 15.9. The summed E-state index contributed by atoms with van der Waals surface area (Å²) in [5.74, 6) is -2.08. The van der Waals surface area contributed by atoms with E-state index in [-0.39, 0.29) is 18.9 Å². The van der Waals surface area contributed by atoms with Crippen LogP contribution in [0.2, 0.25) is 0 Å². The van der Waals surface area contributed by atoms with Gasteiger partial charge in [-0.3, -0.25) is 19.7 Å². The van der Waals surface area contributed by atoms with Crippen molar-refractivity contribution in [1.82, 2.24) is 10.6 Å². The van der Waals surface area contributed by atoms with Gasteiger partial charge in [0.15, 0.2) is 6.10 Å². The zero-order valence-corrected chi connectivity index (χ0v) is 15.3. The van der Waals surface area contributed by atoms with Gasteiger partial charge < -0.3 is 14.8 Å². The molecule has 8 nitrogen and oxygen atoms in total. The number of nitrogens with one attached hydrogen (secondary N) is 2. The van der Waals surface area contributed by atoms with Gasteiger partial charge in [0.25, 0.3) is 5.91 Å². The van der Waals surface area contributed by atoms with Crippen molar-refractivity contribution in [1.29, 1.82) is 0 Å². The third-order valence-electron chi connectivity index (χ3n) is 4.92. The lowest BCUT2D eigenvalue weighted by molar-refractivity contribution is -0.152. The van der Waals surface area contributed by atoms with E-state index in [1.54, 1.807) is 0 Å². The van der Waals surface area contributed by atoms with Crippen LogP contribution in [0.4, 0.5) is 4.79 Å². The highest BCUT2D eigenvalue weighted by molar-refractivity contribution is 6.05. The van der Waals surface area contributed by atoms with Gasteiger partial charge in [0.1, 0.15) is 13.2 Å². The fourth-order valence-electron chi connectivity index (χ4n) is 3.62. The third kappa shape index (κ3) is 3.82. The predicted molar refractivity (Wildman–Crippen MR) is 101 cm³/mol. The number of carbonyl (C=O) groups is 4. The lowest BCUT2D eigenvalue weighted by Gasteiger charge is -2.14. The molecular weight excluding hydrogens is 376 g/mol. The normalized spacial score (nSPS) is 17.3. The van der Waals surface area contributed by atoms with E-state index >= 15 is 0 Å². The average molecular weight is 394 g/mol. The van der Waals surface area contributed by atoms with Gasteiger partial charge in [0, 0.05) is 5.92 Å². The molecule has 2 aromatic rings. The van der Waals surface area contributed by atoms with E-state index in [0.717, 1.165) is 22.3 Å². The largest absolute Gasteiger partial charge is 0.450 e.